The lowest BCUT2D eigenvalue weighted by Gasteiger charge is -2.06. The van der Waals surface area contributed by atoms with E-state index in [-0.39, 0.29) is 6.10 Å². The van der Waals surface area contributed by atoms with Gasteiger partial charge in [0.05, 0.1) is 9.89 Å². The fourth-order valence-electron chi connectivity index (χ4n) is 3.21. The van der Waals surface area contributed by atoms with E-state index in [0.717, 1.165) is 25.0 Å². The maximum Gasteiger partial charge on any atom is 0.0916 e. The molecule has 0 spiro atoms. The standard InChI is InChI=1S/C12H14Br2OS/c13-8-5-9(16-12(8)14)11(15)10-6-3-1-2-4-7(6)10/h5-7,10-11,15H,1-4H2. The predicted octanol–water partition coefficient (Wildman–Crippen LogP) is 4.74. The highest BCUT2D eigenvalue weighted by atomic mass is 79.9. The number of rotatable bonds is 2. The zero-order chi connectivity index (χ0) is 11.3. The molecule has 1 aromatic rings. The third-order valence-electron chi connectivity index (χ3n) is 4.04. The molecular formula is C12H14Br2OS. The maximum atomic E-state index is 10.4. The van der Waals surface area contributed by atoms with Crippen molar-refractivity contribution in [3.05, 3.63) is 19.2 Å². The van der Waals surface area contributed by atoms with Crippen LogP contribution in [0.5, 0.6) is 0 Å². The summed E-state index contributed by atoms with van der Waals surface area (Å²) >= 11 is 8.63. The van der Waals surface area contributed by atoms with E-state index in [4.69, 9.17) is 0 Å². The first-order valence-electron chi connectivity index (χ1n) is 5.81. The van der Waals surface area contributed by atoms with Crippen molar-refractivity contribution in [2.24, 2.45) is 17.8 Å². The SMILES string of the molecule is OC(c1cc(Br)c(Br)s1)C1C2CCCCC21. The van der Waals surface area contributed by atoms with Gasteiger partial charge >= 0.3 is 0 Å². The first-order chi connectivity index (χ1) is 7.68. The molecule has 3 rings (SSSR count). The van der Waals surface area contributed by atoms with Crippen molar-refractivity contribution in [2.75, 3.05) is 0 Å². The van der Waals surface area contributed by atoms with Crippen LogP contribution >= 0.6 is 43.2 Å². The van der Waals surface area contributed by atoms with E-state index >= 15 is 0 Å². The Hall–Kier alpha value is 0.620. The Morgan fingerprint density at radius 2 is 1.88 bits per heavy atom. The Labute approximate surface area is 117 Å². The molecule has 16 heavy (non-hydrogen) atoms. The van der Waals surface area contributed by atoms with E-state index in [1.807, 2.05) is 0 Å². The third-order valence-corrected chi connectivity index (χ3v) is 7.37. The molecule has 0 saturated heterocycles. The Bertz CT molecular complexity index is 372. The monoisotopic (exact) mass is 364 g/mol. The van der Waals surface area contributed by atoms with Crippen LogP contribution in [0, 0.1) is 17.8 Å². The molecule has 3 atom stereocenters. The highest BCUT2D eigenvalue weighted by molar-refractivity contribution is 9.13. The number of thiophene rings is 1. The van der Waals surface area contributed by atoms with E-state index in [0.29, 0.717) is 5.92 Å². The number of fused-ring (bicyclic) bond motifs is 1. The van der Waals surface area contributed by atoms with Crippen LogP contribution in [0.3, 0.4) is 0 Å². The van der Waals surface area contributed by atoms with E-state index in [1.165, 1.54) is 25.7 Å². The van der Waals surface area contributed by atoms with Crippen LogP contribution in [0.15, 0.2) is 14.3 Å². The van der Waals surface area contributed by atoms with E-state index in [2.05, 4.69) is 37.9 Å². The van der Waals surface area contributed by atoms with Crippen LogP contribution < -0.4 is 0 Å². The topological polar surface area (TPSA) is 20.2 Å². The molecule has 3 unspecified atom stereocenters. The normalized spacial score (nSPS) is 34.6. The van der Waals surface area contributed by atoms with Crippen molar-refractivity contribution in [3.8, 4) is 0 Å². The van der Waals surface area contributed by atoms with Gasteiger partial charge in [0.25, 0.3) is 0 Å². The van der Waals surface area contributed by atoms with E-state index in [9.17, 15) is 5.11 Å². The minimum atomic E-state index is -0.235. The third kappa shape index (κ3) is 1.92. The van der Waals surface area contributed by atoms with Crippen LogP contribution in [0.25, 0.3) is 0 Å². The summed E-state index contributed by atoms with van der Waals surface area (Å²) in [6.45, 7) is 0. The summed E-state index contributed by atoms with van der Waals surface area (Å²) in [4.78, 5) is 1.11. The van der Waals surface area contributed by atoms with Gasteiger partial charge in [0.2, 0.25) is 0 Å². The summed E-state index contributed by atoms with van der Waals surface area (Å²) in [5.41, 5.74) is 0. The average Bonchev–Trinajstić information content (AvgIpc) is 2.91. The Morgan fingerprint density at radius 3 is 2.38 bits per heavy atom. The molecule has 0 bridgehead atoms. The van der Waals surface area contributed by atoms with Crippen LogP contribution in [-0.2, 0) is 0 Å². The number of aliphatic hydroxyl groups excluding tert-OH is 1. The highest BCUT2D eigenvalue weighted by Gasteiger charge is 2.54. The van der Waals surface area contributed by atoms with E-state index in [1.54, 1.807) is 11.3 Å². The van der Waals surface area contributed by atoms with Crippen molar-refractivity contribution >= 4 is 43.2 Å². The average molecular weight is 366 g/mol. The lowest BCUT2D eigenvalue weighted by molar-refractivity contribution is 0.146. The van der Waals surface area contributed by atoms with Crippen molar-refractivity contribution < 1.29 is 5.11 Å². The molecule has 2 aliphatic carbocycles. The predicted molar refractivity (Wildman–Crippen MR) is 73.6 cm³/mol. The van der Waals surface area contributed by atoms with Gasteiger partial charge in [0.1, 0.15) is 0 Å². The fourth-order valence-corrected chi connectivity index (χ4v) is 5.35. The molecule has 2 saturated carbocycles. The number of aliphatic hydroxyl groups is 1. The molecule has 4 heteroatoms. The first-order valence-corrected chi connectivity index (χ1v) is 8.21. The van der Waals surface area contributed by atoms with Crippen molar-refractivity contribution in [3.63, 3.8) is 0 Å². The molecule has 1 heterocycles. The Balaban J connectivity index is 1.76. The van der Waals surface area contributed by atoms with Gasteiger partial charge in [-0.25, -0.2) is 0 Å². The molecule has 1 N–H and O–H groups in total. The summed E-state index contributed by atoms with van der Waals surface area (Å²) < 4.78 is 2.15. The minimum Gasteiger partial charge on any atom is -0.387 e. The molecule has 88 valence electrons. The van der Waals surface area contributed by atoms with Gasteiger partial charge in [0.15, 0.2) is 0 Å². The Morgan fingerprint density at radius 1 is 1.25 bits per heavy atom. The first kappa shape index (κ1) is 11.7. The lowest BCUT2D eigenvalue weighted by Crippen LogP contribution is -1.99. The minimum absolute atomic E-state index is 0.235. The van der Waals surface area contributed by atoms with Gasteiger partial charge in [-0.15, -0.1) is 11.3 Å². The molecule has 0 radical (unpaired) electrons. The quantitative estimate of drug-likeness (QED) is 0.802. The summed E-state index contributed by atoms with van der Waals surface area (Å²) in [6, 6.07) is 2.06. The van der Waals surface area contributed by atoms with Gasteiger partial charge < -0.3 is 5.11 Å². The molecule has 0 aromatic carbocycles. The van der Waals surface area contributed by atoms with Crippen LogP contribution in [0.2, 0.25) is 0 Å². The smallest absolute Gasteiger partial charge is 0.0916 e. The van der Waals surface area contributed by atoms with Crippen LogP contribution in [0.1, 0.15) is 36.7 Å². The molecule has 1 nitrogen and oxygen atoms in total. The number of hydrogen-bond donors (Lipinski definition) is 1. The number of halogens is 2. The fraction of sp³-hybridized carbons (Fsp3) is 0.667. The second-order valence-electron chi connectivity index (χ2n) is 4.90. The molecule has 0 aliphatic heterocycles. The van der Waals surface area contributed by atoms with Crippen molar-refractivity contribution in [1.82, 2.24) is 0 Å². The molecule has 2 aliphatic rings. The second kappa shape index (κ2) is 4.38. The van der Waals surface area contributed by atoms with Crippen LogP contribution in [-0.4, -0.2) is 5.11 Å². The van der Waals surface area contributed by atoms with Gasteiger partial charge in [-0.05, 0) is 68.5 Å². The zero-order valence-electron chi connectivity index (χ0n) is 8.83. The molecule has 2 fully saturated rings. The maximum absolute atomic E-state index is 10.4. The number of hydrogen-bond acceptors (Lipinski definition) is 2. The summed E-state index contributed by atoms with van der Waals surface area (Å²) in [7, 11) is 0. The van der Waals surface area contributed by atoms with Gasteiger partial charge in [-0.2, -0.15) is 0 Å². The largest absolute Gasteiger partial charge is 0.387 e. The zero-order valence-corrected chi connectivity index (χ0v) is 12.8. The van der Waals surface area contributed by atoms with Gasteiger partial charge in [0, 0.05) is 9.35 Å². The molecule has 1 aromatic heterocycles. The summed E-state index contributed by atoms with van der Waals surface area (Å²) in [5, 5.41) is 10.4. The summed E-state index contributed by atoms with van der Waals surface area (Å²) in [6.07, 6.45) is 5.16. The molecule has 0 amide bonds. The van der Waals surface area contributed by atoms with Gasteiger partial charge in [-0.3, -0.25) is 0 Å². The Kier molecular flexibility index (Phi) is 3.20. The van der Waals surface area contributed by atoms with E-state index < -0.39 is 0 Å². The van der Waals surface area contributed by atoms with Gasteiger partial charge in [-0.1, -0.05) is 12.8 Å². The van der Waals surface area contributed by atoms with Crippen molar-refractivity contribution in [2.45, 2.75) is 31.8 Å². The summed E-state index contributed by atoms with van der Waals surface area (Å²) in [5.74, 6) is 2.16. The lowest BCUT2D eigenvalue weighted by atomic mass is 10.0. The highest BCUT2D eigenvalue weighted by Crippen LogP contribution is 2.61. The van der Waals surface area contributed by atoms with Crippen LogP contribution in [0.4, 0.5) is 0 Å². The van der Waals surface area contributed by atoms with Crippen molar-refractivity contribution in [1.29, 1.82) is 0 Å². The second-order valence-corrected chi connectivity index (χ2v) is 8.16. The molecular weight excluding hydrogens is 352 g/mol.